The van der Waals surface area contributed by atoms with Gasteiger partial charge in [0.15, 0.2) is 0 Å². The van der Waals surface area contributed by atoms with Gasteiger partial charge in [-0.1, -0.05) is 59.8 Å². The average Bonchev–Trinajstić information content (AvgIpc) is 2.50. The van der Waals surface area contributed by atoms with E-state index in [4.69, 9.17) is 10.00 Å². The van der Waals surface area contributed by atoms with Crippen LogP contribution in [-0.4, -0.2) is 17.8 Å². The third kappa shape index (κ3) is 9.79. The number of carbonyl (C=O) groups is 1. The summed E-state index contributed by atoms with van der Waals surface area (Å²) >= 11 is 0.949. The maximum absolute atomic E-state index is 11.7. The molecule has 0 heterocycles. The summed E-state index contributed by atoms with van der Waals surface area (Å²) in [4.78, 5) is 11.7. The number of esters is 1. The third-order valence-electron chi connectivity index (χ3n) is 4.22. The molecule has 3 atom stereocenters. The highest BCUT2D eigenvalue weighted by atomic mass is 32.2. The van der Waals surface area contributed by atoms with Gasteiger partial charge in [0.05, 0.1) is 0 Å². The molecule has 0 bridgehead atoms. The number of thioether (sulfide) groups is 1. The predicted molar refractivity (Wildman–Crippen MR) is 89.9 cm³/mol. The molecule has 0 aliphatic carbocycles. The molecule has 0 fully saturated rings. The number of rotatable bonds is 12. The number of nitriles is 1. The summed E-state index contributed by atoms with van der Waals surface area (Å²) in [5.41, 5.74) is 0. The number of thiocyanates is 1. The Balaban J connectivity index is 4.35. The fraction of sp³-hybridized carbons (Fsp3) is 0.882. The van der Waals surface area contributed by atoms with E-state index in [1.807, 2.05) is 5.40 Å². The van der Waals surface area contributed by atoms with Crippen molar-refractivity contribution in [2.24, 2.45) is 11.8 Å². The van der Waals surface area contributed by atoms with Crippen LogP contribution in [0.25, 0.3) is 0 Å². The molecule has 0 aliphatic rings. The van der Waals surface area contributed by atoms with Crippen molar-refractivity contribution in [3.05, 3.63) is 0 Å². The number of ether oxygens (including phenoxy) is 1. The number of carbonyl (C=O) groups excluding carboxylic acids is 1. The van der Waals surface area contributed by atoms with Gasteiger partial charge in [-0.05, 0) is 36.4 Å². The Morgan fingerprint density at radius 1 is 1.19 bits per heavy atom. The smallest absolute Gasteiger partial charge is 0.317 e. The Morgan fingerprint density at radius 2 is 1.90 bits per heavy atom. The predicted octanol–water partition coefficient (Wildman–Crippen LogP) is 5.16. The third-order valence-corrected chi connectivity index (χ3v) is 4.73. The lowest BCUT2D eigenvalue weighted by Gasteiger charge is -2.25. The van der Waals surface area contributed by atoms with Crippen LogP contribution in [0.4, 0.5) is 0 Å². The highest BCUT2D eigenvalue weighted by Gasteiger charge is 2.21. The number of unbranched alkanes of at least 4 members (excludes halogenated alkanes) is 1. The summed E-state index contributed by atoms with van der Waals surface area (Å²) in [7, 11) is 0. The second-order valence-electron chi connectivity index (χ2n) is 5.79. The van der Waals surface area contributed by atoms with Crippen molar-refractivity contribution in [2.45, 2.75) is 78.7 Å². The molecule has 0 rings (SSSR count). The minimum atomic E-state index is -0.256. The molecule has 0 unspecified atom stereocenters. The van der Waals surface area contributed by atoms with Crippen LogP contribution in [0.1, 0.15) is 72.6 Å². The Morgan fingerprint density at radius 3 is 2.43 bits per heavy atom. The first-order valence-corrected chi connectivity index (χ1v) is 9.27. The first-order chi connectivity index (χ1) is 10.1. The molecule has 3 nitrogen and oxygen atoms in total. The van der Waals surface area contributed by atoms with E-state index < -0.39 is 0 Å². The zero-order chi connectivity index (χ0) is 16.1. The molecular weight excluding hydrogens is 282 g/mol. The van der Waals surface area contributed by atoms with E-state index in [1.54, 1.807) is 0 Å². The number of hydrogen-bond acceptors (Lipinski definition) is 4. The summed E-state index contributed by atoms with van der Waals surface area (Å²) in [5, 5.41) is 10.4. The lowest BCUT2D eigenvalue weighted by molar-refractivity contribution is -0.148. The fourth-order valence-electron chi connectivity index (χ4n) is 2.46. The largest absolute Gasteiger partial charge is 0.461 e. The highest BCUT2D eigenvalue weighted by molar-refractivity contribution is 8.04. The minimum Gasteiger partial charge on any atom is -0.461 e. The molecule has 0 saturated heterocycles. The molecule has 0 aliphatic heterocycles. The Hall–Kier alpha value is -0.690. The fourth-order valence-corrected chi connectivity index (χ4v) is 2.71. The van der Waals surface area contributed by atoms with E-state index in [0.717, 1.165) is 36.9 Å². The zero-order valence-corrected chi connectivity index (χ0v) is 14.9. The van der Waals surface area contributed by atoms with Crippen molar-refractivity contribution in [2.75, 3.05) is 5.75 Å². The lowest BCUT2D eigenvalue weighted by Crippen LogP contribution is -2.26. The van der Waals surface area contributed by atoms with Gasteiger partial charge < -0.3 is 4.74 Å². The van der Waals surface area contributed by atoms with Gasteiger partial charge in [-0.3, -0.25) is 4.79 Å². The molecule has 122 valence electrons. The number of nitrogens with zero attached hydrogens (tertiary/aromatic N) is 1. The maximum atomic E-state index is 11.7. The molecular formula is C17H31NO2S. The summed E-state index contributed by atoms with van der Waals surface area (Å²) in [6.07, 6.45) is 8.08. The quantitative estimate of drug-likeness (QED) is 0.369. The van der Waals surface area contributed by atoms with Gasteiger partial charge in [-0.15, -0.1) is 0 Å². The molecule has 0 N–H and O–H groups in total. The molecule has 0 aromatic heterocycles. The van der Waals surface area contributed by atoms with E-state index in [2.05, 4.69) is 27.7 Å². The van der Waals surface area contributed by atoms with E-state index in [-0.39, 0.29) is 17.8 Å². The van der Waals surface area contributed by atoms with Crippen molar-refractivity contribution in [1.29, 1.82) is 5.26 Å². The van der Waals surface area contributed by atoms with E-state index in [9.17, 15) is 4.79 Å². The molecule has 0 amide bonds. The van der Waals surface area contributed by atoms with Crippen LogP contribution in [-0.2, 0) is 9.53 Å². The molecule has 0 aromatic carbocycles. The van der Waals surface area contributed by atoms with E-state index in [0.29, 0.717) is 5.92 Å². The normalized spacial score (nSPS) is 15.0. The first kappa shape index (κ1) is 20.3. The summed E-state index contributed by atoms with van der Waals surface area (Å²) in [6.45, 7) is 8.74. The van der Waals surface area contributed by atoms with Crippen LogP contribution in [0, 0.1) is 22.5 Å². The van der Waals surface area contributed by atoms with Crippen LogP contribution in [0.5, 0.6) is 0 Å². The molecule has 21 heavy (non-hydrogen) atoms. The summed E-state index contributed by atoms with van der Waals surface area (Å²) in [6, 6.07) is 0. The molecule has 0 radical (unpaired) electrons. The van der Waals surface area contributed by atoms with Gasteiger partial charge in [-0.25, -0.2) is 0 Å². The van der Waals surface area contributed by atoms with Gasteiger partial charge in [0, 0.05) is 0 Å². The lowest BCUT2D eigenvalue weighted by atomic mass is 9.89. The van der Waals surface area contributed by atoms with Gasteiger partial charge in [0.2, 0.25) is 0 Å². The van der Waals surface area contributed by atoms with Crippen molar-refractivity contribution in [3.8, 4) is 5.40 Å². The first-order valence-electron chi connectivity index (χ1n) is 8.29. The van der Waals surface area contributed by atoms with Crippen LogP contribution in [0.15, 0.2) is 0 Å². The van der Waals surface area contributed by atoms with Gasteiger partial charge >= 0.3 is 5.97 Å². The van der Waals surface area contributed by atoms with Crippen molar-refractivity contribution in [3.63, 3.8) is 0 Å². The minimum absolute atomic E-state index is 0.00234. The van der Waals surface area contributed by atoms with Crippen molar-refractivity contribution < 1.29 is 9.53 Å². The van der Waals surface area contributed by atoms with Crippen LogP contribution in [0.2, 0.25) is 0 Å². The monoisotopic (exact) mass is 313 g/mol. The van der Waals surface area contributed by atoms with Crippen molar-refractivity contribution >= 4 is 17.7 Å². The van der Waals surface area contributed by atoms with Crippen LogP contribution < -0.4 is 0 Å². The van der Waals surface area contributed by atoms with Gasteiger partial charge in [0.1, 0.15) is 17.3 Å². The molecule has 0 spiro atoms. The van der Waals surface area contributed by atoms with Crippen LogP contribution >= 0.6 is 11.8 Å². The molecule has 0 saturated carbocycles. The number of hydrogen-bond donors (Lipinski definition) is 0. The summed E-state index contributed by atoms with van der Waals surface area (Å²) in [5.74, 6) is 0.998. The second kappa shape index (κ2) is 13.0. The summed E-state index contributed by atoms with van der Waals surface area (Å²) < 4.78 is 5.59. The Labute approximate surface area is 134 Å². The second-order valence-corrected chi connectivity index (χ2v) is 6.55. The standard InChI is InChI=1S/C17H31NO2S/c1-5-8-9-15(7-3)10-11-16(14(4)6-2)20-17(19)12-21-13-18/h14-16H,5-12H2,1-4H3/t14-,15-,16-/m0/s1. The van der Waals surface area contributed by atoms with Crippen molar-refractivity contribution in [1.82, 2.24) is 0 Å². The van der Waals surface area contributed by atoms with Gasteiger partial charge in [0.25, 0.3) is 0 Å². The zero-order valence-electron chi connectivity index (χ0n) is 14.1. The molecule has 4 heteroatoms. The maximum Gasteiger partial charge on any atom is 0.317 e. The topological polar surface area (TPSA) is 50.1 Å². The Kier molecular flexibility index (Phi) is 12.6. The SMILES string of the molecule is CCCC[C@H](CC)CC[C@H](OC(=O)CSC#N)[C@@H](C)CC. The average molecular weight is 314 g/mol. The van der Waals surface area contributed by atoms with E-state index >= 15 is 0 Å². The van der Waals surface area contributed by atoms with Gasteiger partial charge in [-0.2, -0.15) is 5.26 Å². The van der Waals surface area contributed by atoms with Crippen LogP contribution in [0.3, 0.4) is 0 Å². The van der Waals surface area contributed by atoms with E-state index in [1.165, 1.54) is 25.7 Å². The highest BCUT2D eigenvalue weighted by Crippen LogP contribution is 2.24. The Bertz CT molecular complexity index is 314. The molecule has 0 aromatic rings.